The number of benzene rings is 3. The number of amides is 1. The second kappa shape index (κ2) is 9.15. The Kier molecular flexibility index (Phi) is 6.81. The molecule has 0 aliphatic heterocycles. The number of anilines is 2. The van der Waals surface area contributed by atoms with Gasteiger partial charge < -0.3 is 5.32 Å². The Balaban J connectivity index is 1.93. The second-order valence-electron chi connectivity index (χ2n) is 6.36. The molecule has 3 aromatic rings. The summed E-state index contributed by atoms with van der Waals surface area (Å²) in [7, 11) is -3.97. The molecular formula is C21H18ClIN2O3S. The number of hydrogen-bond donors (Lipinski definition) is 1. The van der Waals surface area contributed by atoms with Gasteiger partial charge in [0.05, 0.1) is 10.6 Å². The van der Waals surface area contributed by atoms with Crippen LogP contribution in [0.25, 0.3) is 0 Å². The Labute approximate surface area is 188 Å². The number of sulfonamides is 1. The molecule has 0 aliphatic rings. The van der Waals surface area contributed by atoms with Gasteiger partial charge in [0.1, 0.15) is 6.54 Å². The van der Waals surface area contributed by atoms with Gasteiger partial charge in [-0.25, -0.2) is 8.42 Å². The number of aryl methyl sites for hydroxylation is 1. The molecule has 0 spiro atoms. The molecule has 29 heavy (non-hydrogen) atoms. The molecule has 0 bridgehead atoms. The lowest BCUT2D eigenvalue weighted by Crippen LogP contribution is -2.38. The summed E-state index contributed by atoms with van der Waals surface area (Å²) in [5.74, 6) is -0.440. The zero-order chi connectivity index (χ0) is 21.0. The lowest BCUT2D eigenvalue weighted by Gasteiger charge is -2.24. The van der Waals surface area contributed by atoms with E-state index in [-0.39, 0.29) is 11.4 Å². The first-order valence-electron chi connectivity index (χ1n) is 8.66. The first kappa shape index (κ1) is 21.6. The van der Waals surface area contributed by atoms with E-state index in [0.717, 1.165) is 13.4 Å². The molecule has 3 aromatic carbocycles. The number of carbonyl (C=O) groups is 1. The Morgan fingerprint density at radius 3 is 2.31 bits per heavy atom. The van der Waals surface area contributed by atoms with Crippen molar-refractivity contribution < 1.29 is 13.2 Å². The quantitative estimate of drug-likeness (QED) is 0.443. The van der Waals surface area contributed by atoms with E-state index in [1.54, 1.807) is 30.3 Å². The molecule has 0 saturated heterocycles. The van der Waals surface area contributed by atoms with Crippen LogP contribution < -0.4 is 9.62 Å². The van der Waals surface area contributed by atoms with Crippen molar-refractivity contribution in [2.75, 3.05) is 16.2 Å². The van der Waals surface area contributed by atoms with Crippen LogP contribution >= 0.6 is 34.2 Å². The third-order valence-electron chi connectivity index (χ3n) is 4.11. The number of nitrogens with one attached hydrogen (secondary N) is 1. The van der Waals surface area contributed by atoms with E-state index in [9.17, 15) is 13.2 Å². The Hall–Kier alpha value is -2.10. The van der Waals surface area contributed by atoms with Crippen LogP contribution in [-0.2, 0) is 14.8 Å². The number of hydrogen-bond acceptors (Lipinski definition) is 3. The summed E-state index contributed by atoms with van der Waals surface area (Å²) in [6.07, 6.45) is 0. The molecule has 0 radical (unpaired) electrons. The van der Waals surface area contributed by atoms with Crippen LogP contribution in [0.3, 0.4) is 0 Å². The third kappa shape index (κ3) is 5.49. The van der Waals surface area contributed by atoms with Gasteiger partial charge in [0, 0.05) is 14.3 Å². The molecule has 0 fully saturated rings. The van der Waals surface area contributed by atoms with E-state index in [0.29, 0.717) is 16.4 Å². The van der Waals surface area contributed by atoms with Crippen LogP contribution in [0.5, 0.6) is 0 Å². The highest BCUT2D eigenvalue weighted by Crippen LogP contribution is 2.25. The van der Waals surface area contributed by atoms with Crippen LogP contribution in [0.1, 0.15) is 5.56 Å². The molecule has 1 N–H and O–H groups in total. The van der Waals surface area contributed by atoms with Gasteiger partial charge in [-0.3, -0.25) is 9.10 Å². The lowest BCUT2D eigenvalue weighted by atomic mass is 10.2. The second-order valence-corrected chi connectivity index (χ2v) is 9.90. The maximum absolute atomic E-state index is 13.3. The Morgan fingerprint density at radius 2 is 1.69 bits per heavy atom. The molecule has 5 nitrogen and oxygen atoms in total. The highest BCUT2D eigenvalue weighted by Gasteiger charge is 2.27. The summed E-state index contributed by atoms with van der Waals surface area (Å²) in [5.41, 5.74) is 1.90. The molecule has 1 amide bonds. The summed E-state index contributed by atoms with van der Waals surface area (Å²) in [5, 5.41) is 3.18. The fourth-order valence-electron chi connectivity index (χ4n) is 2.70. The predicted molar refractivity (Wildman–Crippen MR) is 125 cm³/mol. The summed E-state index contributed by atoms with van der Waals surface area (Å²) in [6.45, 7) is 1.50. The monoisotopic (exact) mass is 540 g/mol. The van der Waals surface area contributed by atoms with Crippen molar-refractivity contribution in [3.05, 3.63) is 87.0 Å². The van der Waals surface area contributed by atoms with Crippen molar-refractivity contribution in [3.8, 4) is 0 Å². The maximum Gasteiger partial charge on any atom is 0.264 e. The molecule has 0 saturated carbocycles. The van der Waals surface area contributed by atoms with Crippen LogP contribution in [0.15, 0.2) is 77.7 Å². The molecule has 0 unspecified atom stereocenters. The minimum absolute atomic E-state index is 0.0606. The molecule has 0 aliphatic carbocycles. The molecular weight excluding hydrogens is 523 g/mol. The van der Waals surface area contributed by atoms with E-state index >= 15 is 0 Å². The van der Waals surface area contributed by atoms with E-state index in [1.165, 1.54) is 24.3 Å². The zero-order valence-corrected chi connectivity index (χ0v) is 19.2. The standard InChI is InChI=1S/C21H18ClIN2O3S/c1-15-3-2-4-19(13-15)25(29(27,28)20-11-5-16(22)6-12-20)14-21(26)24-18-9-7-17(23)8-10-18/h2-13H,14H2,1H3,(H,24,26). The molecule has 3 rings (SSSR count). The molecule has 0 aromatic heterocycles. The van der Waals surface area contributed by atoms with Crippen LogP contribution in [0, 0.1) is 10.5 Å². The maximum atomic E-state index is 13.3. The van der Waals surface area contributed by atoms with Gasteiger partial charge in [0.25, 0.3) is 10.0 Å². The average molecular weight is 541 g/mol. The minimum atomic E-state index is -3.97. The highest BCUT2D eigenvalue weighted by atomic mass is 127. The topological polar surface area (TPSA) is 66.5 Å². The van der Waals surface area contributed by atoms with E-state index in [4.69, 9.17) is 11.6 Å². The van der Waals surface area contributed by atoms with Crippen molar-refractivity contribution >= 4 is 61.5 Å². The SMILES string of the molecule is Cc1cccc(N(CC(=O)Nc2ccc(I)cc2)S(=O)(=O)c2ccc(Cl)cc2)c1. The van der Waals surface area contributed by atoms with E-state index in [1.807, 2.05) is 25.1 Å². The smallest absolute Gasteiger partial charge is 0.264 e. The van der Waals surface area contributed by atoms with Gasteiger partial charge in [0.15, 0.2) is 0 Å². The largest absolute Gasteiger partial charge is 0.325 e. The van der Waals surface area contributed by atoms with Crippen LogP contribution in [0.2, 0.25) is 5.02 Å². The first-order valence-corrected chi connectivity index (χ1v) is 11.6. The van der Waals surface area contributed by atoms with Crippen LogP contribution in [0.4, 0.5) is 11.4 Å². The van der Waals surface area contributed by atoms with Gasteiger partial charge >= 0.3 is 0 Å². The minimum Gasteiger partial charge on any atom is -0.325 e. The Morgan fingerprint density at radius 1 is 1.03 bits per heavy atom. The molecule has 150 valence electrons. The van der Waals surface area contributed by atoms with Gasteiger partial charge in [-0.2, -0.15) is 0 Å². The van der Waals surface area contributed by atoms with Gasteiger partial charge in [-0.1, -0.05) is 23.7 Å². The summed E-state index contributed by atoms with van der Waals surface area (Å²) >= 11 is 8.06. The lowest BCUT2D eigenvalue weighted by molar-refractivity contribution is -0.114. The van der Waals surface area contributed by atoms with Crippen molar-refractivity contribution in [2.45, 2.75) is 11.8 Å². The normalized spacial score (nSPS) is 11.1. The number of rotatable bonds is 6. The summed E-state index contributed by atoms with van der Waals surface area (Å²) < 4.78 is 28.7. The molecule has 0 heterocycles. The van der Waals surface area contributed by atoms with Gasteiger partial charge in [0.2, 0.25) is 5.91 Å². The third-order valence-corrected chi connectivity index (χ3v) is 6.87. The number of halogens is 2. The van der Waals surface area contributed by atoms with Crippen molar-refractivity contribution in [2.24, 2.45) is 0 Å². The number of carbonyl (C=O) groups excluding carboxylic acids is 1. The van der Waals surface area contributed by atoms with Crippen molar-refractivity contribution in [3.63, 3.8) is 0 Å². The van der Waals surface area contributed by atoms with E-state index in [2.05, 4.69) is 27.9 Å². The fourth-order valence-corrected chi connectivity index (χ4v) is 4.59. The first-order chi connectivity index (χ1) is 13.8. The Bertz CT molecular complexity index is 1120. The fraction of sp³-hybridized carbons (Fsp3) is 0.0952. The summed E-state index contributed by atoms with van der Waals surface area (Å²) in [6, 6.07) is 20.1. The predicted octanol–water partition coefficient (Wildman–Crippen LogP) is 5.09. The van der Waals surface area contributed by atoms with Crippen molar-refractivity contribution in [1.29, 1.82) is 0 Å². The molecule has 8 heteroatoms. The highest BCUT2D eigenvalue weighted by molar-refractivity contribution is 14.1. The van der Waals surface area contributed by atoms with Crippen LogP contribution in [-0.4, -0.2) is 20.9 Å². The van der Waals surface area contributed by atoms with E-state index < -0.39 is 15.9 Å². The molecule has 0 atom stereocenters. The average Bonchev–Trinajstić information content (AvgIpc) is 2.68. The van der Waals surface area contributed by atoms with Gasteiger partial charge in [-0.15, -0.1) is 0 Å². The zero-order valence-electron chi connectivity index (χ0n) is 15.5. The van der Waals surface area contributed by atoms with Crippen molar-refractivity contribution in [1.82, 2.24) is 0 Å². The summed E-state index contributed by atoms with van der Waals surface area (Å²) in [4.78, 5) is 12.7. The number of nitrogens with zero attached hydrogens (tertiary/aromatic N) is 1. The van der Waals surface area contributed by atoms with Gasteiger partial charge in [-0.05, 0) is 95.7 Å².